The molecule has 2 amide bonds. The molecule has 0 bridgehead atoms. The summed E-state index contributed by atoms with van der Waals surface area (Å²) in [4.78, 5) is 31.9. The van der Waals surface area contributed by atoms with Crippen LogP contribution in [0.2, 0.25) is 0 Å². The first-order valence-corrected chi connectivity index (χ1v) is 6.12. The molecule has 1 rings (SSSR count). The minimum absolute atomic E-state index is 0.0194. The average Bonchev–Trinajstić information content (AvgIpc) is 2.27. The van der Waals surface area contributed by atoms with Crippen LogP contribution in [0.5, 0.6) is 0 Å². The summed E-state index contributed by atoms with van der Waals surface area (Å²) in [5, 5.41) is 0. The molecule has 6 nitrogen and oxygen atoms in total. The molecule has 6 heteroatoms. The molecule has 0 saturated carbocycles. The molecule has 18 heavy (non-hydrogen) atoms. The van der Waals surface area contributed by atoms with Gasteiger partial charge in [-0.3, -0.25) is 19.3 Å². The van der Waals surface area contributed by atoms with Crippen molar-refractivity contribution in [3.63, 3.8) is 0 Å². The fourth-order valence-corrected chi connectivity index (χ4v) is 2.16. The van der Waals surface area contributed by atoms with Gasteiger partial charge in [0.2, 0.25) is 5.91 Å². The average molecular weight is 257 g/mol. The Hall–Kier alpha value is -1.14. The summed E-state index contributed by atoms with van der Waals surface area (Å²) in [6.45, 7) is 9.65. The largest absolute Gasteiger partial charge is 0.328 e. The number of piperazine rings is 1. The highest BCUT2D eigenvalue weighted by Crippen LogP contribution is 2.19. The van der Waals surface area contributed by atoms with Crippen molar-refractivity contribution in [2.45, 2.75) is 39.3 Å². The Kier molecular flexibility index (Phi) is 4.70. The van der Waals surface area contributed by atoms with Gasteiger partial charge >= 0.3 is 0 Å². The Morgan fingerprint density at radius 2 is 1.89 bits per heavy atom. The Balaban J connectivity index is 2.83. The lowest BCUT2D eigenvalue weighted by Gasteiger charge is -2.45. The molecule has 1 unspecified atom stereocenters. The molecule has 0 aliphatic carbocycles. The van der Waals surface area contributed by atoms with Gasteiger partial charge in [-0.2, -0.15) is 0 Å². The minimum atomic E-state index is -0.490. The van der Waals surface area contributed by atoms with Crippen LogP contribution in [0.25, 0.3) is 0 Å². The van der Waals surface area contributed by atoms with Crippen molar-refractivity contribution in [3.05, 3.63) is 0 Å². The Labute approximate surface area is 108 Å². The maximum absolute atomic E-state index is 11.9. The van der Waals surface area contributed by atoms with Crippen LogP contribution in [0, 0.1) is 0 Å². The van der Waals surface area contributed by atoms with E-state index in [4.69, 9.17) is 0 Å². The smallest absolute Gasteiger partial charge is 0.267 e. The molecule has 1 aliphatic rings. The first-order valence-electron chi connectivity index (χ1n) is 6.12. The molecule has 0 aromatic rings. The topological polar surface area (TPSA) is 61.9 Å². The van der Waals surface area contributed by atoms with Gasteiger partial charge in [0.15, 0.2) is 0 Å². The molecule has 1 saturated heterocycles. The third-order valence-electron chi connectivity index (χ3n) is 3.24. The number of carbonyl (C=O) groups excluding carboxylic acids is 2. The zero-order valence-electron chi connectivity index (χ0n) is 11.8. The van der Waals surface area contributed by atoms with Crippen LogP contribution in [0.4, 0.5) is 0 Å². The van der Waals surface area contributed by atoms with E-state index >= 15 is 0 Å². The van der Waals surface area contributed by atoms with E-state index in [-0.39, 0.29) is 17.4 Å². The number of hydrogen-bond donors (Lipinski definition) is 1. The Morgan fingerprint density at radius 1 is 1.28 bits per heavy atom. The standard InChI is InChI=1S/C12H23N3O3/c1-9(16)15-7-6-14(12(2,3)4)8-10(15)11(17)13-18-5/h10H,6-8H2,1-5H3,(H,13,17). The normalized spacial score (nSPS) is 21.8. The molecular formula is C12H23N3O3. The number of nitrogens with zero attached hydrogens (tertiary/aromatic N) is 2. The van der Waals surface area contributed by atoms with Gasteiger partial charge in [0.05, 0.1) is 7.11 Å². The first kappa shape index (κ1) is 14.9. The number of carbonyl (C=O) groups is 2. The lowest BCUT2D eigenvalue weighted by molar-refractivity contribution is -0.149. The Morgan fingerprint density at radius 3 is 2.33 bits per heavy atom. The monoisotopic (exact) mass is 257 g/mol. The van der Waals surface area contributed by atoms with Crippen LogP contribution >= 0.6 is 0 Å². The molecule has 1 atom stereocenters. The zero-order chi connectivity index (χ0) is 13.9. The predicted molar refractivity (Wildman–Crippen MR) is 67.7 cm³/mol. The van der Waals surface area contributed by atoms with Gasteiger partial charge < -0.3 is 4.90 Å². The van der Waals surface area contributed by atoms with Crippen LogP contribution in [-0.4, -0.2) is 59.9 Å². The summed E-state index contributed by atoms with van der Waals surface area (Å²) in [6.07, 6.45) is 0. The number of nitrogens with one attached hydrogen (secondary N) is 1. The third-order valence-corrected chi connectivity index (χ3v) is 3.24. The maximum Gasteiger partial charge on any atom is 0.267 e. The summed E-state index contributed by atoms with van der Waals surface area (Å²) in [6, 6.07) is -0.490. The van der Waals surface area contributed by atoms with E-state index in [1.165, 1.54) is 14.0 Å². The number of hydroxylamine groups is 1. The summed E-state index contributed by atoms with van der Waals surface area (Å²) in [7, 11) is 1.39. The maximum atomic E-state index is 11.9. The van der Waals surface area contributed by atoms with Crippen molar-refractivity contribution in [3.8, 4) is 0 Å². The number of amides is 2. The third kappa shape index (κ3) is 3.43. The second kappa shape index (κ2) is 5.67. The van der Waals surface area contributed by atoms with Crippen molar-refractivity contribution >= 4 is 11.8 Å². The van der Waals surface area contributed by atoms with E-state index < -0.39 is 6.04 Å². The van der Waals surface area contributed by atoms with Crippen molar-refractivity contribution in [2.24, 2.45) is 0 Å². The highest BCUT2D eigenvalue weighted by atomic mass is 16.6. The van der Waals surface area contributed by atoms with Crippen molar-refractivity contribution < 1.29 is 14.4 Å². The van der Waals surface area contributed by atoms with Crippen LogP contribution < -0.4 is 5.48 Å². The second-order valence-corrected chi connectivity index (χ2v) is 5.52. The van der Waals surface area contributed by atoms with Crippen molar-refractivity contribution in [1.29, 1.82) is 0 Å². The lowest BCUT2D eigenvalue weighted by Crippen LogP contribution is -2.63. The van der Waals surface area contributed by atoms with E-state index in [2.05, 4.69) is 36.0 Å². The molecule has 0 radical (unpaired) electrons. The summed E-state index contributed by atoms with van der Waals surface area (Å²) >= 11 is 0. The van der Waals surface area contributed by atoms with Crippen LogP contribution in [0.15, 0.2) is 0 Å². The molecule has 0 spiro atoms. The second-order valence-electron chi connectivity index (χ2n) is 5.52. The summed E-state index contributed by atoms with van der Waals surface area (Å²) in [5.74, 6) is -0.360. The van der Waals surface area contributed by atoms with Gasteiger partial charge in [0.1, 0.15) is 6.04 Å². The molecular weight excluding hydrogens is 234 g/mol. The Bertz CT molecular complexity index is 325. The van der Waals surface area contributed by atoms with E-state index in [1.54, 1.807) is 4.90 Å². The molecule has 1 heterocycles. The van der Waals surface area contributed by atoms with E-state index in [0.717, 1.165) is 6.54 Å². The first-order chi connectivity index (χ1) is 8.27. The molecule has 1 aliphatic heterocycles. The van der Waals surface area contributed by atoms with Gasteiger partial charge in [-0.25, -0.2) is 5.48 Å². The van der Waals surface area contributed by atoms with Crippen LogP contribution in [0.1, 0.15) is 27.7 Å². The summed E-state index contributed by atoms with van der Waals surface area (Å²) in [5.41, 5.74) is 2.29. The number of hydrogen-bond acceptors (Lipinski definition) is 4. The van der Waals surface area contributed by atoms with Gasteiger partial charge in [0.25, 0.3) is 5.91 Å². The van der Waals surface area contributed by atoms with Crippen molar-refractivity contribution in [1.82, 2.24) is 15.3 Å². The molecule has 1 N–H and O–H groups in total. The molecule has 104 valence electrons. The van der Waals surface area contributed by atoms with Gasteiger partial charge in [-0.1, -0.05) is 0 Å². The fraction of sp³-hybridized carbons (Fsp3) is 0.833. The van der Waals surface area contributed by atoms with Gasteiger partial charge in [-0.15, -0.1) is 0 Å². The lowest BCUT2D eigenvalue weighted by atomic mass is 10.0. The molecule has 0 aromatic heterocycles. The van der Waals surface area contributed by atoms with E-state index in [9.17, 15) is 9.59 Å². The van der Waals surface area contributed by atoms with E-state index in [0.29, 0.717) is 13.1 Å². The van der Waals surface area contributed by atoms with Crippen LogP contribution in [-0.2, 0) is 14.4 Å². The molecule has 0 aromatic carbocycles. The van der Waals surface area contributed by atoms with Gasteiger partial charge in [0, 0.05) is 32.1 Å². The zero-order valence-corrected chi connectivity index (χ0v) is 11.8. The van der Waals surface area contributed by atoms with Crippen LogP contribution in [0.3, 0.4) is 0 Å². The minimum Gasteiger partial charge on any atom is -0.328 e. The highest BCUT2D eigenvalue weighted by Gasteiger charge is 2.37. The SMILES string of the molecule is CONC(=O)C1CN(C(C)(C)C)CCN1C(C)=O. The quantitative estimate of drug-likeness (QED) is 0.707. The number of rotatable bonds is 2. The highest BCUT2D eigenvalue weighted by molar-refractivity contribution is 5.86. The van der Waals surface area contributed by atoms with E-state index in [1.807, 2.05) is 0 Å². The predicted octanol–water partition coefficient (Wildman–Crippen LogP) is -0.00480. The summed E-state index contributed by atoms with van der Waals surface area (Å²) < 4.78 is 0. The van der Waals surface area contributed by atoms with Crippen molar-refractivity contribution in [2.75, 3.05) is 26.7 Å². The fourth-order valence-electron chi connectivity index (χ4n) is 2.16. The molecule has 1 fully saturated rings. The van der Waals surface area contributed by atoms with Gasteiger partial charge in [-0.05, 0) is 20.8 Å².